The second kappa shape index (κ2) is 3.56. The second-order valence-corrected chi connectivity index (χ2v) is 6.10. The summed E-state index contributed by atoms with van der Waals surface area (Å²) >= 11 is 0. The molecule has 0 saturated carbocycles. The van der Waals surface area contributed by atoms with E-state index in [1.54, 1.807) is 6.92 Å². The third-order valence-corrected chi connectivity index (χ3v) is 3.76. The predicted molar refractivity (Wildman–Crippen MR) is 53.9 cm³/mol. The van der Waals surface area contributed by atoms with Crippen LogP contribution in [0.15, 0.2) is 28.0 Å². The van der Waals surface area contributed by atoms with Crippen molar-refractivity contribution in [1.82, 2.24) is 0 Å². The lowest BCUT2D eigenvalue weighted by atomic mass is 10.2. The number of rotatable bonds is 2. The second-order valence-electron chi connectivity index (χ2n) is 3.04. The summed E-state index contributed by atoms with van der Waals surface area (Å²) in [6, 6.07) is 3.72. The molecule has 0 aliphatic carbocycles. The molecule has 1 rings (SSSR count). The summed E-state index contributed by atoms with van der Waals surface area (Å²) in [6.07, 6.45) is 0. The number of hydrogen-bond acceptors (Lipinski definition) is 4. The summed E-state index contributed by atoms with van der Waals surface area (Å²) in [7, 11) is -8.19. The number of nitrogens with two attached hydrogens (primary N) is 2. The highest BCUT2D eigenvalue weighted by molar-refractivity contribution is 7.92. The van der Waals surface area contributed by atoms with Gasteiger partial charge in [0.25, 0.3) is 0 Å². The molecule has 0 aromatic heterocycles. The summed E-state index contributed by atoms with van der Waals surface area (Å²) in [4.78, 5) is -0.972. The van der Waals surface area contributed by atoms with Crippen molar-refractivity contribution in [1.29, 1.82) is 0 Å². The van der Waals surface area contributed by atoms with Crippen LogP contribution in [0.3, 0.4) is 0 Å². The Hall–Kier alpha value is -0.960. The molecule has 0 radical (unpaired) electrons. The van der Waals surface area contributed by atoms with Crippen molar-refractivity contribution >= 4 is 20.0 Å². The van der Waals surface area contributed by atoms with Crippen molar-refractivity contribution in [2.45, 2.75) is 16.7 Å². The van der Waals surface area contributed by atoms with Crippen LogP contribution >= 0.6 is 0 Å². The molecule has 0 aliphatic rings. The zero-order chi connectivity index (χ0) is 11.9. The molecular weight excluding hydrogens is 240 g/mol. The molecule has 0 heterocycles. The average molecular weight is 250 g/mol. The van der Waals surface area contributed by atoms with Crippen LogP contribution in [0.1, 0.15) is 5.56 Å². The van der Waals surface area contributed by atoms with E-state index >= 15 is 0 Å². The fourth-order valence-electron chi connectivity index (χ4n) is 1.07. The van der Waals surface area contributed by atoms with Crippen molar-refractivity contribution < 1.29 is 16.8 Å². The van der Waals surface area contributed by atoms with Crippen LogP contribution in [0, 0.1) is 6.92 Å². The Morgan fingerprint density at radius 2 is 1.40 bits per heavy atom. The molecule has 0 fully saturated rings. The summed E-state index contributed by atoms with van der Waals surface area (Å²) in [5.41, 5.74) is 0.575. The van der Waals surface area contributed by atoms with E-state index in [0.717, 1.165) is 12.1 Å². The third-order valence-electron chi connectivity index (χ3n) is 1.71. The summed E-state index contributed by atoms with van der Waals surface area (Å²) in [6.45, 7) is 1.61. The van der Waals surface area contributed by atoms with Gasteiger partial charge in [-0.3, -0.25) is 0 Å². The number of benzene rings is 1. The topological polar surface area (TPSA) is 120 Å². The van der Waals surface area contributed by atoms with E-state index < -0.39 is 29.8 Å². The molecule has 15 heavy (non-hydrogen) atoms. The molecule has 0 bridgehead atoms. The molecule has 0 saturated heterocycles. The summed E-state index contributed by atoms with van der Waals surface area (Å²) in [5, 5.41) is 9.73. The Morgan fingerprint density at radius 1 is 0.933 bits per heavy atom. The van der Waals surface area contributed by atoms with Crippen LogP contribution < -0.4 is 10.3 Å². The number of sulfonamides is 2. The van der Waals surface area contributed by atoms with Gasteiger partial charge in [-0.05, 0) is 24.6 Å². The molecule has 0 unspecified atom stereocenters. The van der Waals surface area contributed by atoms with Gasteiger partial charge in [-0.25, -0.2) is 27.1 Å². The monoisotopic (exact) mass is 250 g/mol. The minimum Gasteiger partial charge on any atom is -0.225 e. The van der Waals surface area contributed by atoms with Crippen molar-refractivity contribution in [3.05, 3.63) is 23.8 Å². The van der Waals surface area contributed by atoms with Gasteiger partial charge >= 0.3 is 0 Å². The first kappa shape index (κ1) is 12.1. The van der Waals surface area contributed by atoms with Crippen molar-refractivity contribution in [3.63, 3.8) is 0 Å². The van der Waals surface area contributed by atoms with Crippen LogP contribution in [0.25, 0.3) is 0 Å². The van der Waals surface area contributed by atoms with E-state index in [-0.39, 0.29) is 0 Å². The highest BCUT2D eigenvalue weighted by Gasteiger charge is 2.21. The first-order valence-corrected chi connectivity index (χ1v) is 6.88. The maximum atomic E-state index is 11.1. The molecule has 0 spiro atoms. The standard InChI is InChI=1S/C7H10N2O4S2/c1-5-2-3-6(14(8,10)11)7(4-5)15(9,12)13/h2-4H,1H3,(H2,8,10,11)(H2,9,12,13). The average Bonchev–Trinajstić information content (AvgIpc) is 2.00. The van der Waals surface area contributed by atoms with Gasteiger partial charge in [-0.15, -0.1) is 0 Å². The normalized spacial score (nSPS) is 12.7. The molecule has 1 aromatic carbocycles. The van der Waals surface area contributed by atoms with E-state index in [1.807, 2.05) is 0 Å². The van der Waals surface area contributed by atoms with Crippen molar-refractivity contribution in [2.75, 3.05) is 0 Å². The third kappa shape index (κ3) is 2.75. The van der Waals surface area contributed by atoms with Crippen molar-refractivity contribution in [3.8, 4) is 0 Å². The largest absolute Gasteiger partial charge is 0.239 e. The molecular formula is C7H10N2O4S2. The molecule has 8 heteroatoms. The number of hydrogen-bond donors (Lipinski definition) is 2. The minimum atomic E-state index is -4.10. The van der Waals surface area contributed by atoms with E-state index in [9.17, 15) is 16.8 Å². The van der Waals surface area contributed by atoms with Crippen LogP contribution in [0.4, 0.5) is 0 Å². The Balaban J connectivity index is 3.71. The molecule has 84 valence electrons. The molecule has 6 nitrogen and oxygen atoms in total. The van der Waals surface area contributed by atoms with E-state index in [4.69, 9.17) is 10.3 Å². The SMILES string of the molecule is Cc1ccc(S(N)(=O)=O)c(S(N)(=O)=O)c1. The van der Waals surface area contributed by atoms with E-state index in [1.165, 1.54) is 6.07 Å². The van der Waals surface area contributed by atoms with Gasteiger partial charge in [0, 0.05) is 0 Å². The Labute approximate surface area is 88.0 Å². The van der Waals surface area contributed by atoms with Crippen LogP contribution in [-0.4, -0.2) is 16.8 Å². The number of primary sulfonamides is 2. The zero-order valence-electron chi connectivity index (χ0n) is 7.84. The van der Waals surface area contributed by atoms with Gasteiger partial charge in [0.05, 0.1) is 0 Å². The van der Waals surface area contributed by atoms with Crippen LogP contribution in [0.5, 0.6) is 0 Å². The first-order chi connectivity index (χ1) is 6.62. The maximum absolute atomic E-state index is 11.1. The van der Waals surface area contributed by atoms with Gasteiger partial charge in [0.2, 0.25) is 20.0 Å². The van der Waals surface area contributed by atoms with Gasteiger partial charge in [-0.1, -0.05) is 6.07 Å². The van der Waals surface area contributed by atoms with E-state index in [2.05, 4.69) is 0 Å². The lowest BCUT2D eigenvalue weighted by molar-refractivity contribution is 0.584. The molecule has 0 amide bonds. The maximum Gasteiger partial charge on any atom is 0.239 e. The Kier molecular flexibility index (Phi) is 2.88. The van der Waals surface area contributed by atoms with Gasteiger partial charge in [-0.2, -0.15) is 0 Å². The predicted octanol–water partition coefficient (Wildman–Crippen LogP) is -0.710. The quantitative estimate of drug-likeness (QED) is 0.720. The lowest BCUT2D eigenvalue weighted by Gasteiger charge is -2.06. The fraction of sp³-hybridized carbons (Fsp3) is 0.143. The van der Waals surface area contributed by atoms with Crippen molar-refractivity contribution in [2.24, 2.45) is 10.3 Å². The minimum absolute atomic E-state index is 0.481. The highest BCUT2D eigenvalue weighted by atomic mass is 32.2. The van der Waals surface area contributed by atoms with Gasteiger partial charge in [0.15, 0.2) is 0 Å². The first-order valence-electron chi connectivity index (χ1n) is 3.78. The molecule has 4 N–H and O–H groups in total. The van der Waals surface area contributed by atoms with Crippen LogP contribution in [0.2, 0.25) is 0 Å². The fourth-order valence-corrected chi connectivity index (χ4v) is 3.07. The zero-order valence-corrected chi connectivity index (χ0v) is 9.47. The summed E-state index contributed by atoms with van der Waals surface area (Å²) < 4.78 is 44.4. The summed E-state index contributed by atoms with van der Waals surface area (Å²) in [5.74, 6) is 0. The number of aryl methyl sites for hydroxylation is 1. The smallest absolute Gasteiger partial charge is 0.225 e. The highest BCUT2D eigenvalue weighted by Crippen LogP contribution is 2.19. The van der Waals surface area contributed by atoms with Crippen LogP contribution in [-0.2, 0) is 20.0 Å². The Morgan fingerprint density at radius 3 is 1.80 bits per heavy atom. The lowest BCUT2D eigenvalue weighted by Crippen LogP contribution is -2.20. The van der Waals surface area contributed by atoms with Gasteiger partial charge < -0.3 is 0 Å². The molecule has 1 aromatic rings. The molecule has 0 aliphatic heterocycles. The molecule has 0 atom stereocenters. The van der Waals surface area contributed by atoms with Gasteiger partial charge in [0.1, 0.15) is 9.79 Å². The van der Waals surface area contributed by atoms with E-state index in [0.29, 0.717) is 5.56 Å². The Bertz CT molecular complexity index is 589.